The summed E-state index contributed by atoms with van der Waals surface area (Å²) in [6.45, 7) is 0. The van der Waals surface area contributed by atoms with Crippen LogP contribution in [0.15, 0.2) is 84.9 Å². The summed E-state index contributed by atoms with van der Waals surface area (Å²) in [5.41, 5.74) is 1.27. The van der Waals surface area contributed by atoms with Crippen LogP contribution in [0.3, 0.4) is 0 Å². The number of hydrogen-bond acceptors (Lipinski definition) is 0. The summed E-state index contributed by atoms with van der Waals surface area (Å²) < 4.78 is 0. The van der Waals surface area contributed by atoms with Gasteiger partial charge in [0, 0.05) is 5.02 Å². The number of rotatable bonds is 6. The zero-order valence-electron chi connectivity index (χ0n) is 13.2. The highest BCUT2D eigenvalue weighted by atomic mass is 35.5. The number of halogens is 1. The van der Waals surface area contributed by atoms with Gasteiger partial charge in [-0.15, -0.1) is 0 Å². The molecule has 0 unspecified atom stereocenters. The molecule has 23 heavy (non-hydrogen) atoms. The van der Waals surface area contributed by atoms with Gasteiger partial charge in [-0.05, 0) is 18.1 Å². The quantitative estimate of drug-likeness (QED) is 0.588. The Kier molecular flexibility index (Phi) is 5.68. The molecule has 0 aromatic heterocycles. The fourth-order valence-electron chi connectivity index (χ4n) is 3.09. The molecule has 0 bridgehead atoms. The molecule has 3 rings (SSSR count). The summed E-state index contributed by atoms with van der Waals surface area (Å²) in [6.07, 6.45) is 2.24. The lowest BCUT2D eigenvalue weighted by Crippen LogP contribution is -2.41. The van der Waals surface area contributed by atoms with Gasteiger partial charge in [-0.3, -0.25) is 0 Å². The van der Waals surface area contributed by atoms with E-state index in [9.17, 15) is 0 Å². The first kappa shape index (κ1) is 16.0. The summed E-state index contributed by atoms with van der Waals surface area (Å²) in [7, 11) is -1.15. The molecule has 0 N–H and O–H groups in total. The Morgan fingerprint density at radius 1 is 0.652 bits per heavy atom. The van der Waals surface area contributed by atoms with Gasteiger partial charge < -0.3 is 0 Å². The summed E-state index contributed by atoms with van der Waals surface area (Å²) in [6, 6.07) is 31.5. The average Bonchev–Trinajstić information content (AvgIpc) is 2.62. The minimum Gasteiger partial charge on any atom is -0.0840 e. The van der Waals surface area contributed by atoms with Crippen molar-refractivity contribution in [2.45, 2.75) is 18.9 Å². The molecule has 0 fully saturated rings. The first-order chi connectivity index (χ1) is 11.3. The average molecular weight is 337 g/mol. The Balaban J connectivity index is 1.74. The van der Waals surface area contributed by atoms with Crippen LogP contribution in [0.5, 0.6) is 0 Å². The van der Waals surface area contributed by atoms with Gasteiger partial charge >= 0.3 is 0 Å². The highest BCUT2D eigenvalue weighted by Crippen LogP contribution is 2.17. The third-order valence-corrected chi connectivity index (χ3v) is 8.03. The van der Waals surface area contributed by atoms with Crippen molar-refractivity contribution in [3.8, 4) is 0 Å². The molecule has 116 valence electrons. The summed E-state index contributed by atoms with van der Waals surface area (Å²) in [5.74, 6) is 0. The molecule has 0 aliphatic rings. The van der Waals surface area contributed by atoms with E-state index in [4.69, 9.17) is 11.6 Å². The minimum absolute atomic E-state index is 0.894. The van der Waals surface area contributed by atoms with Crippen molar-refractivity contribution in [3.05, 3.63) is 95.5 Å². The molecule has 0 saturated carbocycles. The van der Waals surface area contributed by atoms with E-state index in [2.05, 4.69) is 72.8 Å². The van der Waals surface area contributed by atoms with Crippen LogP contribution in [0.2, 0.25) is 11.1 Å². The maximum absolute atomic E-state index is 6.28. The number of benzene rings is 3. The first-order valence-electron chi connectivity index (χ1n) is 8.18. The van der Waals surface area contributed by atoms with Crippen LogP contribution in [0, 0.1) is 0 Å². The molecule has 0 aliphatic carbocycles. The van der Waals surface area contributed by atoms with Crippen molar-refractivity contribution in [2.24, 2.45) is 0 Å². The normalized spacial score (nSPS) is 10.9. The van der Waals surface area contributed by atoms with Gasteiger partial charge in [-0.1, -0.05) is 113 Å². The van der Waals surface area contributed by atoms with E-state index in [1.165, 1.54) is 28.4 Å². The molecule has 0 heterocycles. The SMILES string of the molecule is Clc1ccccc1CCC[SiH](c1ccccc1)c1ccccc1. The maximum Gasteiger partial charge on any atom is 0.103 e. The van der Waals surface area contributed by atoms with Crippen molar-refractivity contribution in [2.75, 3.05) is 0 Å². The van der Waals surface area contributed by atoms with Crippen LogP contribution in [0.25, 0.3) is 0 Å². The second kappa shape index (κ2) is 8.14. The Bertz CT molecular complexity index is 686. The number of aryl methyl sites for hydroxylation is 1. The van der Waals surface area contributed by atoms with Gasteiger partial charge in [-0.25, -0.2) is 0 Å². The molecule has 3 aromatic rings. The van der Waals surface area contributed by atoms with E-state index in [-0.39, 0.29) is 0 Å². The third kappa shape index (κ3) is 4.34. The first-order valence-corrected chi connectivity index (χ1v) is 10.5. The van der Waals surface area contributed by atoms with E-state index in [1.54, 1.807) is 0 Å². The van der Waals surface area contributed by atoms with Crippen LogP contribution < -0.4 is 10.4 Å². The largest absolute Gasteiger partial charge is 0.103 e. The smallest absolute Gasteiger partial charge is 0.0840 e. The molecule has 3 aromatic carbocycles. The van der Waals surface area contributed by atoms with Gasteiger partial charge in [0.1, 0.15) is 8.80 Å². The Hall–Kier alpha value is -1.83. The van der Waals surface area contributed by atoms with Crippen LogP contribution in [-0.4, -0.2) is 8.80 Å². The molecular weight excluding hydrogens is 316 g/mol. The zero-order valence-corrected chi connectivity index (χ0v) is 15.1. The molecule has 0 amide bonds. The van der Waals surface area contributed by atoms with Crippen LogP contribution in [0.4, 0.5) is 0 Å². The van der Waals surface area contributed by atoms with E-state index < -0.39 is 8.80 Å². The van der Waals surface area contributed by atoms with E-state index in [0.717, 1.165) is 11.4 Å². The monoisotopic (exact) mass is 336 g/mol. The lowest BCUT2D eigenvalue weighted by molar-refractivity contribution is 0.913. The van der Waals surface area contributed by atoms with E-state index >= 15 is 0 Å². The van der Waals surface area contributed by atoms with Gasteiger partial charge in [0.05, 0.1) is 0 Å². The van der Waals surface area contributed by atoms with Gasteiger partial charge in [0.2, 0.25) is 0 Å². The molecule has 2 heteroatoms. The molecule has 0 nitrogen and oxygen atoms in total. The summed E-state index contributed by atoms with van der Waals surface area (Å²) >= 11 is 6.28. The highest BCUT2D eigenvalue weighted by molar-refractivity contribution is 6.85. The summed E-state index contributed by atoms with van der Waals surface area (Å²) in [4.78, 5) is 0. The van der Waals surface area contributed by atoms with E-state index in [0.29, 0.717) is 0 Å². The Morgan fingerprint density at radius 2 is 1.17 bits per heavy atom. The molecule has 0 atom stereocenters. The van der Waals surface area contributed by atoms with Crippen LogP contribution in [-0.2, 0) is 6.42 Å². The summed E-state index contributed by atoms with van der Waals surface area (Å²) in [5, 5.41) is 3.95. The second-order valence-corrected chi connectivity index (χ2v) is 9.28. The maximum atomic E-state index is 6.28. The molecule has 0 radical (unpaired) electrons. The van der Waals surface area contributed by atoms with Gasteiger partial charge in [-0.2, -0.15) is 0 Å². The Morgan fingerprint density at radius 3 is 1.74 bits per heavy atom. The van der Waals surface area contributed by atoms with E-state index in [1.807, 2.05) is 12.1 Å². The van der Waals surface area contributed by atoms with Crippen molar-refractivity contribution in [3.63, 3.8) is 0 Å². The minimum atomic E-state index is -1.15. The molecule has 0 saturated heterocycles. The fourth-order valence-corrected chi connectivity index (χ4v) is 6.36. The zero-order chi connectivity index (χ0) is 15.9. The predicted molar refractivity (Wildman–Crippen MR) is 104 cm³/mol. The van der Waals surface area contributed by atoms with Gasteiger partial charge in [0.25, 0.3) is 0 Å². The van der Waals surface area contributed by atoms with Gasteiger partial charge in [0.15, 0.2) is 0 Å². The third-order valence-electron chi connectivity index (χ3n) is 4.30. The van der Waals surface area contributed by atoms with Crippen LogP contribution >= 0.6 is 11.6 Å². The topological polar surface area (TPSA) is 0 Å². The van der Waals surface area contributed by atoms with Crippen molar-refractivity contribution >= 4 is 30.8 Å². The van der Waals surface area contributed by atoms with Crippen molar-refractivity contribution in [1.29, 1.82) is 0 Å². The highest BCUT2D eigenvalue weighted by Gasteiger charge is 2.15. The lowest BCUT2D eigenvalue weighted by atomic mass is 10.1. The van der Waals surface area contributed by atoms with Crippen molar-refractivity contribution < 1.29 is 0 Å². The van der Waals surface area contributed by atoms with Crippen LogP contribution in [0.1, 0.15) is 12.0 Å². The second-order valence-electron chi connectivity index (χ2n) is 5.86. The molecular formula is C21H21ClSi. The number of hydrogen-bond donors (Lipinski definition) is 0. The molecule has 0 aliphatic heterocycles. The van der Waals surface area contributed by atoms with Crippen molar-refractivity contribution in [1.82, 2.24) is 0 Å². The standard InChI is InChI=1S/C21H21ClSi/c22-21-16-8-7-10-18(21)11-9-17-23(19-12-3-1-4-13-19)20-14-5-2-6-15-20/h1-8,10,12-16,23H,9,11,17H2. The fraction of sp³-hybridized carbons (Fsp3) is 0.143. The lowest BCUT2D eigenvalue weighted by Gasteiger charge is -2.16. The predicted octanol–water partition coefficient (Wildman–Crippen LogP) is 4.31. The Labute approximate surface area is 145 Å². The molecule has 0 spiro atoms.